The first kappa shape index (κ1) is 15.4. The maximum atomic E-state index is 13.6. The first-order valence-corrected chi connectivity index (χ1v) is 6.09. The molecule has 1 aromatic heterocycles. The minimum absolute atomic E-state index is 0.0794. The van der Waals surface area contributed by atoms with Crippen LogP contribution < -0.4 is 5.32 Å². The molecule has 2 aromatic rings. The second-order valence-electron chi connectivity index (χ2n) is 4.29. The van der Waals surface area contributed by atoms with Crippen LogP contribution in [0.3, 0.4) is 0 Å². The molecule has 0 fully saturated rings. The lowest BCUT2D eigenvalue weighted by molar-refractivity contribution is 0.376. The van der Waals surface area contributed by atoms with Crippen molar-refractivity contribution >= 4 is 0 Å². The minimum Gasteiger partial charge on any atom is -0.439 e. The fourth-order valence-corrected chi connectivity index (χ4v) is 1.82. The highest BCUT2D eigenvalue weighted by Crippen LogP contribution is 2.32. The highest BCUT2D eigenvalue weighted by atomic mass is 19.2. The molecule has 114 valence electrons. The molecule has 1 atom stereocenters. The van der Waals surface area contributed by atoms with Crippen LogP contribution in [0.15, 0.2) is 10.6 Å². The second-order valence-corrected chi connectivity index (χ2v) is 4.29. The standard InChI is InChI=1S/C13H11F5N2O/c1-3-19-5(2)13-20-4-6(21-13)7-8(14)10(16)12(18)11(17)9(7)15/h4-5,19H,3H2,1-2H3. The van der Waals surface area contributed by atoms with E-state index < -0.39 is 40.4 Å². The molecule has 21 heavy (non-hydrogen) atoms. The third kappa shape index (κ3) is 2.63. The molecule has 0 aliphatic heterocycles. The summed E-state index contributed by atoms with van der Waals surface area (Å²) in [4.78, 5) is 3.77. The van der Waals surface area contributed by atoms with Crippen molar-refractivity contribution in [1.82, 2.24) is 10.3 Å². The molecule has 0 aliphatic carbocycles. The number of hydrogen-bond donors (Lipinski definition) is 1. The van der Waals surface area contributed by atoms with Crippen LogP contribution >= 0.6 is 0 Å². The lowest BCUT2D eigenvalue weighted by atomic mass is 10.1. The van der Waals surface area contributed by atoms with Crippen molar-refractivity contribution in [2.45, 2.75) is 19.9 Å². The summed E-state index contributed by atoms with van der Waals surface area (Å²) in [5.41, 5.74) is -1.13. The Hall–Kier alpha value is -1.96. The Kier molecular flexibility index (Phi) is 4.26. The molecule has 2 rings (SSSR count). The van der Waals surface area contributed by atoms with Crippen LogP contribution in [0, 0.1) is 29.1 Å². The predicted octanol–water partition coefficient (Wildman–Crippen LogP) is 3.71. The Labute approximate surface area is 116 Å². The van der Waals surface area contributed by atoms with Crippen LogP contribution in [0.25, 0.3) is 11.3 Å². The third-order valence-electron chi connectivity index (χ3n) is 2.86. The van der Waals surface area contributed by atoms with E-state index in [4.69, 9.17) is 4.42 Å². The molecule has 1 N–H and O–H groups in total. The molecule has 0 amide bonds. The Morgan fingerprint density at radius 2 is 1.57 bits per heavy atom. The van der Waals surface area contributed by atoms with E-state index in [0.717, 1.165) is 6.20 Å². The van der Waals surface area contributed by atoms with Crippen molar-refractivity contribution in [3.63, 3.8) is 0 Å². The van der Waals surface area contributed by atoms with E-state index in [9.17, 15) is 22.0 Å². The monoisotopic (exact) mass is 306 g/mol. The summed E-state index contributed by atoms with van der Waals surface area (Å²) in [6.45, 7) is 4.09. The van der Waals surface area contributed by atoms with Crippen molar-refractivity contribution in [3.8, 4) is 11.3 Å². The molecule has 1 heterocycles. The molecular formula is C13H11F5N2O. The maximum Gasteiger partial charge on any atom is 0.211 e. The number of halogens is 5. The lowest BCUT2D eigenvalue weighted by Crippen LogP contribution is -2.17. The van der Waals surface area contributed by atoms with Gasteiger partial charge in [0.2, 0.25) is 11.7 Å². The number of oxazole rings is 1. The van der Waals surface area contributed by atoms with Gasteiger partial charge in [-0.2, -0.15) is 0 Å². The van der Waals surface area contributed by atoms with E-state index in [2.05, 4.69) is 10.3 Å². The van der Waals surface area contributed by atoms with Gasteiger partial charge < -0.3 is 9.73 Å². The smallest absolute Gasteiger partial charge is 0.211 e. The van der Waals surface area contributed by atoms with Gasteiger partial charge in [-0.15, -0.1) is 0 Å². The summed E-state index contributed by atoms with van der Waals surface area (Å²) in [5, 5.41) is 2.94. The number of rotatable bonds is 4. The van der Waals surface area contributed by atoms with E-state index in [1.165, 1.54) is 0 Å². The van der Waals surface area contributed by atoms with E-state index >= 15 is 0 Å². The fraction of sp³-hybridized carbons (Fsp3) is 0.308. The van der Waals surface area contributed by atoms with E-state index in [1.54, 1.807) is 6.92 Å². The Morgan fingerprint density at radius 3 is 2.10 bits per heavy atom. The van der Waals surface area contributed by atoms with Crippen molar-refractivity contribution in [1.29, 1.82) is 0 Å². The molecule has 0 spiro atoms. The Morgan fingerprint density at radius 1 is 1.05 bits per heavy atom. The Bertz CT molecular complexity index is 642. The molecule has 1 aromatic carbocycles. The van der Waals surface area contributed by atoms with Gasteiger partial charge in [0.1, 0.15) is 0 Å². The van der Waals surface area contributed by atoms with E-state index in [0.29, 0.717) is 6.54 Å². The predicted molar refractivity (Wildman–Crippen MR) is 63.8 cm³/mol. The van der Waals surface area contributed by atoms with Crippen LogP contribution in [0.5, 0.6) is 0 Å². The largest absolute Gasteiger partial charge is 0.439 e. The van der Waals surface area contributed by atoms with Crippen LogP contribution in [-0.2, 0) is 0 Å². The van der Waals surface area contributed by atoms with Crippen molar-refractivity contribution in [2.75, 3.05) is 6.54 Å². The van der Waals surface area contributed by atoms with E-state index in [1.807, 2.05) is 6.92 Å². The zero-order valence-electron chi connectivity index (χ0n) is 11.1. The molecule has 0 saturated carbocycles. The molecule has 0 bridgehead atoms. The maximum absolute atomic E-state index is 13.6. The summed E-state index contributed by atoms with van der Waals surface area (Å²) in [6, 6.07) is -0.370. The van der Waals surface area contributed by atoms with Crippen molar-refractivity contribution in [3.05, 3.63) is 41.2 Å². The molecule has 0 aliphatic rings. The van der Waals surface area contributed by atoms with Gasteiger partial charge in [-0.25, -0.2) is 26.9 Å². The first-order valence-electron chi connectivity index (χ1n) is 6.09. The van der Waals surface area contributed by atoms with Crippen molar-refractivity contribution in [2.24, 2.45) is 0 Å². The zero-order chi connectivity index (χ0) is 15.7. The Balaban J connectivity index is 2.53. The number of nitrogens with zero attached hydrogens (tertiary/aromatic N) is 1. The van der Waals surface area contributed by atoms with E-state index in [-0.39, 0.29) is 11.9 Å². The summed E-state index contributed by atoms with van der Waals surface area (Å²) >= 11 is 0. The molecule has 1 unspecified atom stereocenters. The summed E-state index contributed by atoms with van der Waals surface area (Å²) in [5.74, 6) is -10.6. The average molecular weight is 306 g/mol. The van der Waals surface area contributed by atoms with Crippen LogP contribution in [0.1, 0.15) is 25.8 Å². The van der Waals surface area contributed by atoms with Gasteiger partial charge in [0.15, 0.2) is 29.0 Å². The highest BCUT2D eigenvalue weighted by molar-refractivity contribution is 5.59. The van der Waals surface area contributed by atoms with Crippen LogP contribution in [0.4, 0.5) is 22.0 Å². The third-order valence-corrected chi connectivity index (χ3v) is 2.86. The van der Waals surface area contributed by atoms with Gasteiger partial charge in [-0.05, 0) is 13.5 Å². The van der Waals surface area contributed by atoms with Gasteiger partial charge in [0, 0.05) is 0 Å². The van der Waals surface area contributed by atoms with Crippen LogP contribution in [0.2, 0.25) is 0 Å². The number of nitrogens with one attached hydrogen (secondary N) is 1. The fourth-order valence-electron chi connectivity index (χ4n) is 1.82. The highest BCUT2D eigenvalue weighted by Gasteiger charge is 2.29. The SMILES string of the molecule is CCNC(C)c1ncc(-c2c(F)c(F)c(F)c(F)c2F)o1. The normalized spacial score (nSPS) is 12.7. The first-order chi connectivity index (χ1) is 9.88. The second kappa shape index (κ2) is 5.80. The lowest BCUT2D eigenvalue weighted by Gasteiger charge is -2.08. The summed E-state index contributed by atoms with van der Waals surface area (Å²) in [6.07, 6.45) is 0.918. The van der Waals surface area contributed by atoms with Crippen molar-refractivity contribution < 1.29 is 26.4 Å². The van der Waals surface area contributed by atoms with Gasteiger partial charge in [-0.1, -0.05) is 6.92 Å². The van der Waals surface area contributed by atoms with Gasteiger partial charge in [0.25, 0.3) is 0 Å². The quantitative estimate of drug-likeness (QED) is 0.531. The molecule has 0 saturated heterocycles. The molecular weight excluding hydrogens is 295 g/mol. The zero-order valence-corrected chi connectivity index (χ0v) is 11.1. The number of aromatic nitrogens is 1. The minimum atomic E-state index is -2.21. The topological polar surface area (TPSA) is 38.1 Å². The van der Waals surface area contributed by atoms with Crippen LogP contribution in [-0.4, -0.2) is 11.5 Å². The molecule has 8 heteroatoms. The number of hydrogen-bond acceptors (Lipinski definition) is 3. The van der Waals surface area contributed by atoms with Gasteiger partial charge >= 0.3 is 0 Å². The van der Waals surface area contributed by atoms with Gasteiger partial charge in [-0.3, -0.25) is 0 Å². The molecule has 3 nitrogen and oxygen atoms in total. The summed E-state index contributed by atoms with van der Waals surface area (Å²) in [7, 11) is 0. The number of benzene rings is 1. The summed E-state index contributed by atoms with van der Waals surface area (Å²) < 4.78 is 71.6. The van der Waals surface area contributed by atoms with Gasteiger partial charge in [0.05, 0.1) is 17.8 Å². The molecule has 0 radical (unpaired) electrons. The average Bonchev–Trinajstić information content (AvgIpc) is 2.93.